The Hall–Kier alpha value is -2.93. The summed E-state index contributed by atoms with van der Waals surface area (Å²) in [5.74, 6) is 1.65. The zero-order valence-electron chi connectivity index (χ0n) is 17.2. The second kappa shape index (κ2) is 9.26. The molecule has 7 heteroatoms. The second-order valence-electron chi connectivity index (χ2n) is 7.51. The molecule has 2 aromatic carbocycles. The minimum atomic E-state index is -0.200. The van der Waals surface area contributed by atoms with E-state index in [-0.39, 0.29) is 18.0 Å². The van der Waals surface area contributed by atoms with Gasteiger partial charge in [-0.3, -0.25) is 4.79 Å². The molecule has 2 unspecified atom stereocenters. The first kappa shape index (κ1) is 20.3. The van der Waals surface area contributed by atoms with Gasteiger partial charge < -0.3 is 15.0 Å². The lowest BCUT2D eigenvalue weighted by atomic mass is 10.1. The molecule has 0 aliphatic carbocycles. The van der Waals surface area contributed by atoms with Gasteiger partial charge in [0.05, 0.1) is 13.2 Å². The van der Waals surface area contributed by atoms with E-state index in [9.17, 15) is 4.79 Å². The first-order chi connectivity index (χ1) is 14.6. The third-order valence-corrected chi connectivity index (χ3v) is 6.20. The number of anilines is 1. The monoisotopic (exact) mass is 422 g/mol. The molecular formula is C23H26N4O2S. The van der Waals surface area contributed by atoms with Gasteiger partial charge in [-0.1, -0.05) is 42.5 Å². The number of ether oxygens (including phenoxy) is 1. The number of hydrogen-bond acceptors (Lipinski definition) is 6. The van der Waals surface area contributed by atoms with Crippen molar-refractivity contribution < 1.29 is 9.53 Å². The molecule has 0 saturated carbocycles. The van der Waals surface area contributed by atoms with Gasteiger partial charge >= 0.3 is 0 Å². The molecule has 0 bridgehead atoms. The zero-order chi connectivity index (χ0) is 20.9. The number of nitrogens with one attached hydrogen (secondary N) is 1. The number of carbonyl (C=O) groups excluding carboxylic acids is 1. The molecule has 1 aliphatic heterocycles. The van der Waals surface area contributed by atoms with Crippen molar-refractivity contribution in [1.29, 1.82) is 0 Å². The maximum atomic E-state index is 13.0. The van der Waals surface area contributed by atoms with Crippen LogP contribution in [0, 0.1) is 0 Å². The number of aromatic nitrogens is 2. The van der Waals surface area contributed by atoms with E-state index in [1.807, 2.05) is 61.5 Å². The Morgan fingerprint density at radius 3 is 2.90 bits per heavy atom. The molecule has 1 aliphatic rings. The number of rotatable bonds is 7. The molecule has 1 aromatic heterocycles. The lowest BCUT2D eigenvalue weighted by Gasteiger charge is -2.24. The summed E-state index contributed by atoms with van der Waals surface area (Å²) in [5.41, 5.74) is 2.21. The summed E-state index contributed by atoms with van der Waals surface area (Å²) in [6, 6.07) is 17.7. The van der Waals surface area contributed by atoms with Crippen LogP contribution in [0.3, 0.4) is 0 Å². The van der Waals surface area contributed by atoms with Gasteiger partial charge in [0.1, 0.15) is 17.6 Å². The van der Waals surface area contributed by atoms with E-state index < -0.39 is 0 Å². The molecule has 6 nitrogen and oxygen atoms in total. The van der Waals surface area contributed by atoms with E-state index in [1.54, 1.807) is 7.11 Å². The van der Waals surface area contributed by atoms with Crippen LogP contribution in [-0.4, -0.2) is 35.0 Å². The fraction of sp³-hybridized carbons (Fsp3) is 0.348. The smallest absolute Gasteiger partial charge is 0.243 e. The predicted molar refractivity (Wildman–Crippen MR) is 119 cm³/mol. The predicted octanol–water partition coefficient (Wildman–Crippen LogP) is 3.98. The van der Waals surface area contributed by atoms with Crippen molar-refractivity contribution >= 4 is 22.6 Å². The molecule has 2 atom stereocenters. The van der Waals surface area contributed by atoms with E-state index in [4.69, 9.17) is 9.72 Å². The number of amides is 1. The lowest BCUT2D eigenvalue weighted by Crippen LogP contribution is -2.44. The Morgan fingerprint density at radius 1 is 1.27 bits per heavy atom. The highest BCUT2D eigenvalue weighted by Crippen LogP contribution is 2.28. The Bertz CT molecular complexity index is 992. The normalized spacial score (nSPS) is 17.0. The van der Waals surface area contributed by atoms with Crippen LogP contribution in [0.2, 0.25) is 0 Å². The third kappa shape index (κ3) is 4.62. The first-order valence-electron chi connectivity index (χ1n) is 10.2. The maximum absolute atomic E-state index is 13.0. The number of methoxy groups -OCH3 is 1. The summed E-state index contributed by atoms with van der Waals surface area (Å²) >= 11 is 1.37. The van der Waals surface area contributed by atoms with E-state index in [1.165, 1.54) is 11.5 Å². The standard InChI is InChI=1S/C23H26N4O2S/c1-16(18-9-4-3-5-10-18)24-22(28)20-12-7-13-27(20)23-25-21(26-30-23)15-17-8-6-11-19(14-17)29-2/h3-6,8-11,14,16,20H,7,12-13,15H2,1-2H3,(H,24,28). The van der Waals surface area contributed by atoms with Gasteiger partial charge in [-0.25, -0.2) is 4.98 Å². The van der Waals surface area contributed by atoms with Gasteiger partial charge in [-0.05, 0) is 43.0 Å². The molecule has 1 N–H and O–H groups in total. The topological polar surface area (TPSA) is 67.3 Å². The fourth-order valence-electron chi connectivity index (χ4n) is 3.80. The summed E-state index contributed by atoms with van der Waals surface area (Å²) < 4.78 is 9.82. The van der Waals surface area contributed by atoms with Gasteiger partial charge in [-0.2, -0.15) is 4.37 Å². The van der Waals surface area contributed by atoms with Crippen molar-refractivity contribution in [2.24, 2.45) is 0 Å². The van der Waals surface area contributed by atoms with Crippen molar-refractivity contribution in [3.63, 3.8) is 0 Å². The van der Waals surface area contributed by atoms with E-state index >= 15 is 0 Å². The Kier molecular flexibility index (Phi) is 6.28. The average Bonchev–Trinajstić information content (AvgIpc) is 3.44. The van der Waals surface area contributed by atoms with Gasteiger partial charge in [0.2, 0.25) is 11.0 Å². The summed E-state index contributed by atoms with van der Waals surface area (Å²) in [6.07, 6.45) is 2.45. The highest BCUT2D eigenvalue weighted by Gasteiger charge is 2.33. The second-order valence-corrected chi connectivity index (χ2v) is 8.24. The maximum Gasteiger partial charge on any atom is 0.243 e. The van der Waals surface area contributed by atoms with Crippen molar-refractivity contribution in [3.8, 4) is 5.75 Å². The number of hydrogen-bond donors (Lipinski definition) is 1. The lowest BCUT2D eigenvalue weighted by molar-refractivity contribution is -0.122. The number of benzene rings is 2. The number of carbonyl (C=O) groups is 1. The van der Waals surface area contributed by atoms with Crippen LogP contribution in [0.4, 0.5) is 5.13 Å². The Balaban J connectivity index is 1.42. The molecule has 1 amide bonds. The largest absolute Gasteiger partial charge is 0.497 e. The molecule has 1 fully saturated rings. The van der Waals surface area contributed by atoms with Crippen molar-refractivity contribution in [2.75, 3.05) is 18.6 Å². The molecule has 4 rings (SSSR count). The molecule has 30 heavy (non-hydrogen) atoms. The molecule has 156 valence electrons. The Labute approximate surface area is 181 Å². The molecule has 0 spiro atoms. The van der Waals surface area contributed by atoms with Crippen LogP contribution < -0.4 is 15.0 Å². The minimum absolute atomic E-state index is 0.0285. The van der Waals surface area contributed by atoms with Crippen LogP contribution in [0.25, 0.3) is 0 Å². The van der Waals surface area contributed by atoms with Crippen LogP contribution in [0.1, 0.15) is 42.8 Å². The first-order valence-corrected chi connectivity index (χ1v) is 11.0. The molecule has 3 aromatic rings. The van der Waals surface area contributed by atoms with Crippen molar-refractivity contribution in [1.82, 2.24) is 14.7 Å². The van der Waals surface area contributed by atoms with Gasteiger partial charge in [0, 0.05) is 24.5 Å². The summed E-state index contributed by atoms with van der Waals surface area (Å²) in [5, 5.41) is 3.98. The SMILES string of the molecule is COc1cccc(Cc2nsc(N3CCCC3C(=O)NC(C)c3ccccc3)n2)c1. The van der Waals surface area contributed by atoms with Crippen LogP contribution in [-0.2, 0) is 11.2 Å². The molecule has 1 saturated heterocycles. The van der Waals surface area contributed by atoms with Crippen molar-refractivity contribution in [2.45, 2.75) is 38.3 Å². The van der Waals surface area contributed by atoms with E-state index in [0.29, 0.717) is 6.42 Å². The van der Waals surface area contributed by atoms with E-state index in [2.05, 4.69) is 14.6 Å². The quantitative estimate of drug-likeness (QED) is 0.624. The highest BCUT2D eigenvalue weighted by molar-refractivity contribution is 7.09. The summed E-state index contributed by atoms with van der Waals surface area (Å²) in [7, 11) is 1.66. The molecule has 2 heterocycles. The molecular weight excluding hydrogens is 396 g/mol. The third-order valence-electron chi connectivity index (χ3n) is 5.41. The van der Waals surface area contributed by atoms with Crippen molar-refractivity contribution in [3.05, 3.63) is 71.5 Å². The fourth-order valence-corrected chi connectivity index (χ4v) is 4.56. The van der Waals surface area contributed by atoms with Crippen LogP contribution in [0.5, 0.6) is 5.75 Å². The van der Waals surface area contributed by atoms with E-state index in [0.717, 1.165) is 47.2 Å². The van der Waals surface area contributed by atoms with Gasteiger partial charge in [0.25, 0.3) is 0 Å². The van der Waals surface area contributed by atoms with Gasteiger partial charge in [-0.15, -0.1) is 0 Å². The Morgan fingerprint density at radius 2 is 2.10 bits per heavy atom. The highest BCUT2D eigenvalue weighted by atomic mass is 32.1. The summed E-state index contributed by atoms with van der Waals surface area (Å²) in [4.78, 5) is 19.8. The minimum Gasteiger partial charge on any atom is -0.497 e. The van der Waals surface area contributed by atoms with Gasteiger partial charge in [0.15, 0.2) is 0 Å². The number of nitrogens with zero attached hydrogens (tertiary/aromatic N) is 3. The summed E-state index contributed by atoms with van der Waals surface area (Å²) in [6.45, 7) is 2.84. The average molecular weight is 423 g/mol. The molecule has 0 radical (unpaired) electrons. The van der Waals surface area contributed by atoms with Crippen LogP contribution in [0.15, 0.2) is 54.6 Å². The van der Waals surface area contributed by atoms with Crippen LogP contribution >= 0.6 is 11.5 Å². The zero-order valence-corrected chi connectivity index (χ0v) is 18.1.